The van der Waals surface area contributed by atoms with Gasteiger partial charge in [-0.1, -0.05) is 0 Å². The minimum atomic E-state index is -0.377. The lowest BCUT2D eigenvalue weighted by Crippen LogP contribution is -2.51. The highest BCUT2D eigenvalue weighted by Gasteiger charge is 2.47. The van der Waals surface area contributed by atoms with Gasteiger partial charge in [-0.25, -0.2) is 0 Å². The van der Waals surface area contributed by atoms with Crippen LogP contribution >= 0.6 is 22.7 Å². The van der Waals surface area contributed by atoms with Crippen LogP contribution in [0.2, 0.25) is 0 Å². The highest BCUT2D eigenvalue weighted by atomic mass is 32.1. The van der Waals surface area contributed by atoms with Gasteiger partial charge in [0.25, 0.3) is 0 Å². The van der Waals surface area contributed by atoms with E-state index in [0.29, 0.717) is 34.8 Å². The standard InChI is InChI=1S/C49H49N5O5S2/c1-28-30(3)60-48-42(28)44(52-29(2)47(51)54(48)31(4)50)32-7-16-38(17-8-32)59-39-26-49(27-39)19-21-53(22-20-49)23-24-58-37-14-9-33(10-15-37)45(57)43-40-18-13-36(56)25-41(40)61-46(43)34-5-11-35(55)12-6-34/h5-18,25,29,39,50-51,55-56H,19-24,26-27H2,1-4H3. The number of nitrogens with one attached hydrogen (secondary N) is 2. The summed E-state index contributed by atoms with van der Waals surface area (Å²) < 4.78 is 13.5. The Morgan fingerprint density at radius 3 is 2.23 bits per heavy atom. The van der Waals surface area contributed by atoms with Gasteiger partial charge in [0, 0.05) is 48.6 Å². The van der Waals surface area contributed by atoms with Gasteiger partial charge in [0.1, 0.15) is 52.3 Å². The van der Waals surface area contributed by atoms with Crippen molar-refractivity contribution in [1.82, 2.24) is 4.90 Å². The third-order valence-electron chi connectivity index (χ3n) is 12.6. The second-order valence-electron chi connectivity index (χ2n) is 16.7. The molecule has 2 fully saturated rings. The van der Waals surface area contributed by atoms with Gasteiger partial charge in [-0.05, 0) is 174 Å². The van der Waals surface area contributed by atoms with Crippen molar-refractivity contribution in [3.63, 3.8) is 0 Å². The molecule has 61 heavy (non-hydrogen) atoms. The summed E-state index contributed by atoms with van der Waals surface area (Å²) in [7, 11) is 0. The van der Waals surface area contributed by atoms with Crippen LogP contribution in [0.25, 0.3) is 20.5 Å². The highest BCUT2D eigenvalue weighted by Crippen LogP contribution is 2.50. The van der Waals surface area contributed by atoms with Crippen molar-refractivity contribution in [2.75, 3.05) is 31.1 Å². The number of carbonyl (C=O) groups excluding carboxylic acids is 1. The highest BCUT2D eigenvalue weighted by molar-refractivity contribution is 7.22. The first-order valence-electron chi connectivity index (χ1n) is 20.8. The van der Waals surface area contributed by atoms with Gasteiger partial charge in [0.05, 0.1) is 11.8 Å². The molecule has 1 unspecified atom stereocenters. The SMILES string of the molecule is CC(=N)N1C(=N)C(C)N=C(c2ccc(OC3CC4(CCN(CCOc5ccc(C(=O)c6c(-c7ccc(O)cc7)sc7cc(O)ccc67)cc5)CC4)C3)cc2)c2c1sc(C)c2C. The number of rotatable bonds is 10. The molecule has 0 amide bonds. The molecule has 4 aromatic carbocycles. The summed E-state index contributed by atoms with van der Waals surface area (Å²) >= 11 is 3.06. The van der Waals surface area contributed by atoms with Crippen LogP contribution in [0.5, 0.6) is 23.0 Å². The number of piperidine rings is 1. The van der Waals surface area contributed by atoms with Crippen molar-refractivity contribution in [2.24, 2.45) is 10.4 Å². The Hall–Kier alpha value is -5.82. The number of anilines is 1. The molecule has 3 aliphatic rings. The zero-order valence-corrected chi connectivity index (χ0v) is 36.4. The Balaban J connectivity index is 0.760. The summed E-state index contributed by atoms with van der Waals surface area (Å²) in [5, 5.41) is 38.9. The van der Waals surface area contributed by atoms with Crippen LogP contribution in [0.15, 0.2) is 96.0 Å². The molecule has 1 atom stereocenters. The molecule has 12 heteroatoms. The van der Waals surface area contributed by atoms with E-state index in [9.17, 15) is 15.0 Å². The van der Waals surface area contributed by atoms with Crippen LogP contribution in [0.4, 0.5) is 5.00 Å². The van der Waals surface area contributed by atoms with E-state index in [2.05, 4.69) is 30.9 Å². The number of phenolic OH excluding ortho intramolecular Hbond substituents is 2. The monoisotopic (exact) mass is 851 g/mol. The quantitative estimate of drug-likeness (QED) is 0.0610. The first-order valence-corrected chi connectivity index (χ1v) is 22.4. The maximum Gasteiger partial charge on any atom is 0.195 e. The Bertz CT molecular complexity index is 2680. The van der Waals surface area contributed by atoms with Gasteiger partial charge in [-0.15, -0.1) is 22.7 Å². The zero-order chi connectivity index (χ0) is 42.6. The van der Waals surface area contributed by atoms with Crippen molar-refractivity contribution >= 4 is 60.9 Å². The summed E-state index contributed by atoms with van der Waals surface area (Å²) in [5.74, 6) is 2.42. The maximum atomic E-state index is 14.0. The van der Waals surface area contributed by atoms with E-state index in [4.69, 9.17) is 25.3 Å². The first-order chi connectivity index (χ1) is 29.4. The smallest absolute Gasteiger partial charge is 0.195 e. The molecule has 9 rings (SSSR count). The number of ether oxygens (including phenoxy) is 2. The number of hydrogen-bond donors (Lipinski definition) is 4. The predicted octanol–water partition coefficient (Wildman–Crippen LogP) is 10.6. The van der Waals surface area contributed by atoms with Crippen molar-refractivity contribution < 1.29 is 24.5 Å². The average Bonchev–Trinajstić information content (AvgIpc) is 3.72. The van der Waals surface area contributed by atoms with Gasteiger partial charge in [-0.2, -0.15) is 0 Å². The Morgan fingerprint density at radius 1 is 0.885 bits per heavy atom. The predicted molar refractivity (Wildman–Crippen MR) is 247 cm³/mol. The number of amidine groups is 2. The molecule has 1 aliphatic carbocycles. The number of fused-ring (bicyclic) bond motifs is 2. The van der Waals surface area contributed by atoms with E-state index in [1.54, 1.807) is 65.6 Å². The van der Waals surface area contributed by atoms with Gasteiger partial charge in [-0.3, -0.25) is 30.4 Å². The van der Waals surface area contributed by atoms with E-state index in [0.717, 1.165) is 110 Å². The molecule has 4 N–H and O–H groups in total. The van der Waals surface area contributed by atoms with Gasteiger partial charge in [0.2, 0.25) is 0 Å². The fourth-order valence-corrected chi connectivity index (χ4v) is 11.5. The lowest BCUT2D eigenvalue weighted by molar-refractivity contribution is -0.0562. The van der Waals surface area contributed by atoms with E-state index < -0.39 is 0 Å². The number of hydrogen-bond acceptors (Lipinski definition) is 11. The number of phenols is 2. The number of aliphatic imine (C=N–C) groups is 1. The Kier molecular flexibility index (Phi) is 10.8. The topological polar surface area (TPSA) is 143 Å². The Labute approximate surface area is 363 Å². The van der Waals surface area contributed by atoms with Crippen molar-refractivity contribution in [3.8, 4) is 33.4 Å². The van der Waals surface area contributed by atoms with E-state index in [-0.39, 0.29) is 29.4 Å². The lowest BCUT2D eigenvalue weighted by atomic mass is 9.61. The second kappa shape index (κ2) is 16.2. The summed E-state index contributed by atoms with van der Waals surface area (Å²) in [4.78, 5) is 25.2. The number of thiophene rings is 2. The van der Waals surface area contributed by atoms with Crippen LogP contribution < -0.4 is 14.4 Å². The van der Waals surface area contributed by atoms with Crippen LogP contribution in [-0.2, 0) is 0 Å². The molecular formula is C49H49N5O5S2. The summed E-state index contributed by atoms with van der Waals surface area (Å²) in [6, 6.07) is 27.1. The number of aromatic hydroxyl groups is 2. The third-order valence-corrected chi connectivity index (χ3v) is 15.0. The number of ketones is 1. The molecule has 1 saturated carbocycles. The lowest BCUT2D eigenvalue weighted by Gasteiger charge is -2.51. The molecule has 0 bridgehead atoms. The van der Waals surface area contributed by atoms with Crippen molar-refractivity contribution in [2.45, 2.75) is 65.5 Å². The minimum Gasteiger partial charge on any atom is -0.508 e. The van der Waals surface area contributed by atoms with E-state index >= 15 is 0 Å². The van der Waals surface area contributed by atoms with Crippen LogP contribution in [0.1, 0.15) is 77.0 Å². The first kappa shape index (κ1) is 40.6. The number of nitrogens with zero attached hydrogens (tertiary/aromatic N) is 3. The molecule has 1 saturated heterocycles. The fraction of sp³-hybridized carbons (Fsp3) is 0.306. The summed E-state index contributed by atoms with van der Waals surface area (Å²) in [5.41, 5.74) is 6.29. The van der Waals surface area contributed by atoms with Gasteiger partial charge >= 0.3 is 0 Å². The van der Waals surface area contributed by atoms with Gasteiger partial charge < -0.3 is 19.7 Å². The average molecular weight is 852 g/mol. The molecular weight excluding hydrogens is 803 g/mol. The summed E-state index contributed by atoms with van der Waals surface area (Å²) in [6.07, 6.45) is 4.62. The van der Waals surface area contributed by atoms with Crippen LogP contribution in [0, 0.1) is 30.1 Å². The Morgan fingerprint density at radius 2 is 1.54 bits per heavy atom. The zero-order valence-electron chi connectivity index (χ0n) is 34.7. The van der Waals surface area contributed by atoms with Crippen LogP contribution in [0.3, 0.4) is 0 Å². The number of benzene rings is 4. The number of carbonyl (C=O) groups is 1. The van der Waals surface area contributed by atoms with Crippen LogP contribution in [-0.4, -0.2) is 76.7 Å². The molecule has 10 nitrogen and oxygen atoms in total. The summed E-state index contributed by atoms with van der Waals surface area (Å²) in [6.45, 7) is 11.3. The third kappa shape index (κ3) is 7.84. The molecule has 1 spiro atoms. The number of aryl methyl sites for hydroxylation is 1. The van der Waals surface area contributed by atoms with E-state index in [1.807, 2.05) is 43.3 Å². The van der Waals surface area contributed by atoms with E-state index in [1.165, 1.54) is 11.3 Å². The molecule has 4 heterocycles. The number of likely N-dealkylation sites (tertiary alicyclic amines) is 1. The molecule has 2 aliphatic heterocycles. The molecule has 312 valence electrons. The fourth-order valence-electron chi connectivity index (χ4n) is 9.01. The largest absolute Gasteiger partial charge is 0.508 e. The maximum absolute atomic E-state index is 14.0. The second-order valence-corrected chi connectivity index (χ2v) is 18.9. The van der Waals surface area contributed by atoms with Crippen molar-refractivity contribution in [3.05, 3.63) is 124 Å². The molecule has 6 aromatic rings. The molecule has 0 radical (unpaired) electrons. The minimum absolute atomic E-state index is 0.107. The molecule has 2 aromatic heterocycles. The van der Waals surface area contributed by atoms with Gasteiger partial charge in [0.15, 0.2) is 5.78 Å². The van der Waals surface area contributed by atoms with Crippen molar-refractivity contribution in [1.29, 1.82) is 10.8 Å². The normalized spacial score (nSPS) is 17.8.